The minimum atomic E-state index is -0.810. The fraction of sp³-hybridized carbons (Fsp3) is 0.0556. The number of amides is 4. The average Bonchev–Trinajstić information content (AvgIpc) is 2.60. The van der Waals surface area contributed by atoms with Crippen molar-refractivity contribution in [3.05, 3.63) is 63.1 Å². The predicted octanol–water partition coefficient (Wildman–Crippen LogP) is 3.78. The first-order valence-corrected chi connectivity index (χ1v) is 8.58. The Morgan fingerprint density at radius 2 is 1.81 bits per heavy atom. The Labute approximate surface area is 162 Å². The van der Waals surface area contributed by atoms with Gasteiger partial charge >= 0.3 is 6.03 Å². The zero-order chi connectivity index (χ0) is 18.8. The number of hydrogen-bond acceptors (Lipinski definition) is 4. The summed E-state index contributed by atoms with van der Waals surface area (Å²) < 4.78 is 5.82. The summed E-state index contributed by atoms with van der Waals surface area (Å²) in [5.74, 6) is -0.852. The quantitative estimate of drug-likeness (QED) is 0.588. The maximum Gasteiger partial charge on any atom is 0.335 e. The number of carbonyl (C=O) groups excluding carboxylic acids is 3. The van der Waals surface area contributed by atoms with Crippen LogP contribution in [0.25, 0.3) is 6.08 Å². The molecule has 0 aliphatic carbocycles. The van der Waals surface area contributed by atoms with E-state index in [-0.39, 0.29) is 5.57 Å². The van der Waals surface area contributed by atoms with Gasteiger partial charge in [0.2, 0.25) is 0 Å². The van der Waals surface area contributed by atoms with E-state index in [0.717, 1.165) is 4.90 Å². The molecule has 1 fully saturated rings. The first-order valence-electron chi connectivity index (χ1n) is 7.41. The average molecular weight is 436 g/mol. The molecule has 6 nitrogen and oxygen atoms in total. The number of urea groups is 1. The minimum Gasteiger partial charge on any atom is -0.496 e. The smallest absolute Gasteiger partial charge is 0.335 e. The first kappa shape index (κ1) is 18.2. The lowest BCUT2D eigenvalue weighted by Crippen LogP contribution is -2.54. The molecule has 0 unspecified atom stereocenters. The van der Waals surface area contributed by atoms with Crippen molar-refractivity contribution < 1.29 is 19.1 Å². The Morgan fingerprint density at radius 1 is 1.12 bits per heavy atom. The van der Waals surface area contributed by atoms with Crippen LogP contribution in [0.3, 0.4) is 0 Å². The molecule has 0 spiro atoms. The van der Waals surface area contributed by atoms with Crippen molar-refractivity contribution >= 4 is 57.1 Å². The van der Waals surface area contributed by atoms with E-state index >= 15 is 0 Å². The molecular formula is C18H12BrClN2O4. The van der Waals surface area contributed by atoms with E-state index in [4.69, 9.17) is 16.3 Å². The van der Waals surface area contributed by atoms with E-state index in [0.29, 0.717) is 26.5 Å². The molecule has 1 heterocycles. The predicted molar refractivity (Wildman–Crippen MR) is 101 cm³/mol. The number of imide groups is 2. The molecule has 0 atom stereocenters. The summed E-state index contributed by atoms with van der Waals surface area (Å²) in [6.07, 6.45) is 1.41. The second kappa shape index (κ2) is 7.31. The van der Waals surface area contributed by atoms with Crippen LogP contribution in [-0.2, 0) is 9.59 Å². The lowest BCUT2D eigenvalue weighted by molar-refractivity contribution is -0.122. The van der Waals surface area contributed by atoms with Gasteiger partial charge in [-0.3, -0.25) is 14.9 Å². The van der Waals surface area contributed by atoms with Gasteiger partial charge in [0.15, 0.2) is 0 Å². The molecule has 1 aliphatic rings. The molecule has 1 aliphatic heterocycles. The number of halogens is 2. The van der Waals surface area contributed by atoms with Crippen LogP contribution in [-0.4, -0.2) is 25.0 Å². The zero-order valence-corrected chi connectivity index (χ0v) is 15.8. The largest absolute Gasteiger partial charge is 0.496 e. The molecule has 132 valence electrons. The van der Waals surface area contributed by atoms with Crippen molar-refractivity contribution in [2.75, 3.05) is 12.0 Å². The maximum absolute atomic E-state index is 12.8. The molecule has 0 saturated carbocycles. The van der Waals surface area contributed by atoms with Crippen LogP contribution in [0.2, 0.25) is 5.02 Å². The van der Waals surface area contributed by atoms with Gasteiger partial charge in [0.25, 0.3) is 11.8 Å². The highest BCUT2D eigenvalue weighted by Gasteiger charge is 2.36. The molecule has 0 bridgehead atoms. The van der Waals surface area contributed by atoms with E-state index in [1.807, 2.05) is 0 Å². The summed E-state index contributed by atoms with van der Waals surface area (Å²) in [6.45, 7) is 0. The number of nitrogens with zero attached hydrogens (tertiary/aromatic N) is 1. The molecule has 1 saturated heterocycles. The third kappa shape index (κ3) is 3.49. The second-order valence-corrected chi connectivity index (χ2v) is 6.62. The van der Waals surface area contributed by atoms with Crippen LogP contribution in [0.15, 0.2) is 52.5 Å². The van der Waals surface area contributed by atoms with E-state index in [9.17, 15) is 14.4 Å². The van der Waals surface area contributed by atoms with Gasteiger partial charge in [-0.2, -0.15) is 0 Å². The van der Waals surface area contributed by atoms with Gasteiger partial charge in [-0.25, -0.2) is 9.69 Å². The number of nitrogens with one attached hydrogen (secondary N) is 1. The second-order valence-electron chi connectivity index (χ2n) is 5.33. The minimum absolute atomic E-state index is 0.156. The SMILES string of the molecule is COc1ccc(/C=C2\C(=O)NC(=O)N(c3ccc(Cl)cc3)C2=O)cc1Br. The number of rotatable bonds is 3. The molecule has 0 aromatic heterocycles. The van der Waals surface area contributed by atoms with Crippen molar-refractivity contribution in [1.82, 2.24) is 5.32 Å². The Hall–Kier alpha value is -2.64. The lowest BCUT2D eigenvalue weighted by atomic mass is 10.1. The molecule has 0 radical (unpaired) electrons. The summed E-state index contributed by atoms with van der Waals surface area (Å²) in [4.78, 5) is 37.9. The highest BCUT2D eigenvalue weighted by Crippen LogP contribution is 2.28. The van der Waals surface area contributed by atoms with Crippen LogP contribution in [0.4, 0.5) is 10.5 Å². The summed E-state index contributed by atoms with van der Waals surface area (Å²) in [6, 6.07) is 10.4. The van der Waals surface area contributed by atoms with Gasteiger partial charge in [-0.05, 0) is 64.0 Å². The standard InChI is InChI=1S/C18H12BrClN2O4/c1-26-15-7-2-10(9-14(15)19)8-13-16(23)21-18(25)22(17(13)24)12-5-3-11(20)4-6-12/h2-9H,1H3,(H,21,23,25)/b13-8+. The van der Waals surface area contributed by atoms with Gasteiger partial charge < -0.3 is 4.74 Å². The van der Waals surface area contributed by atoms with Crippen LogP contribution in [0, 0.1) is 0 Å². The third-order valence-corrected chi connectivity index (χ3v) is 4.55. The number of ether oxygens (including phenoxy) is 1. The molecular weight excluding hydrogens is 424 g/mol. The third-order valence-electron chi connectivity index (χ3n) is 3.67. The number of anilines is 1. The van der Waals surface area contributed by atoms with Gasteiger partial charge in [-0.15, -0.1) is 0 Å². The topological polar surface area (TPSA) is 75.7 Å². The summed E-state index contributed by atoms with van der Waals surface area (Å²) in [5, 5.41) is 2.64. The van der Waals surface area contributed by atoms with Crippen molar-refractivity contribution in [3.8, 4) is 5.75 Å². The maximum atomic E-state index is 12.8. The number of benzene rings is 2. The Kier molecular flexibility index (Phi) is 5.11. The highest BCUT2D eigenvalue weighted by molar-refractivity contribution is 9.10. The summed E-state index contributed by atoms with van der Waals surface area (Å²) in [7, 11) is 1.53. The zero-order valence-electron chi connectivity index (χ0n) is 13.5. The normalized spacial score (nSPS) is 16.0. The van der Waals surface area contributed by atoms with Gasteiger partial charge in [0, 0.05) is 5.02 Å². The van der Waals surface area contributed by atoms with Gasteiger partial charge in [-0.1, -0.05) is 17.7 Å². The van der Waals surface area contributed by atoms with E-state index in [1.165, 1.54) is 25.3 Å². The van der Waals surface area contributed by atoms with Crippen LogP contribution < -0.4 is 15.0 Å². The van der Waals surface area contributed by atoms with Crippen molar-refractivity contribution in [2.45, 2.75) is 0 Å². The fourth-order valence-corrected chi connectivity index (χ4v) is 3.11. The summed E-state index contributed by atoms with van der Waals surface area (Å²) >= 11 is 9.19. The lowest BCUT2D eigenvalue weighted by Gasteiger charge is -2.26. The van der Waals surface area contributed by atoms with Gasteiger partial charge in [0.05, 0.1) is 17.3 Å². The first-order chi connectivity index (χ1) is 12.4. The molecule has 1 N–H and O–H groups in total. The summed E-state index contributed by atoms with van der Waals surface area (Å²) in [5.41, 5.74) is 0.754. The monoisotopic (exact) mass is 434 g/mol. The number of hydrogen-bond donors (Lipinski definition) is 1. The number of carbonyl (C=O) groups is 3. The van der Waals surface area contributed by atoms with Crippen molar-refractivity contribution in [1.29, 1.82) is 0 Å². The van der Waals surface area contributed by atoms with Crippen LogP contribution in [0.5, 0.6) is 5.75 Å². The number of methoxy groups -OCH3 is 1. The van der Waals surface area contributed by atoms with E-state index in [1.54, 1.807) is 30.3 Å². The van der Waals surface area contributed by atoms with E-state index < -0.39 is 17.8 Å². The molecule has 2 aromatic rings. The Morgan fingerprint density at radius 3 is 2.42 bits per heavy atom. The number of barbiturate groups is 1. The molecule has 4 amide bonds. The molecule has 2 aromatic carbocycles. The fourth-order valence-electron chi connectivity index (χ4n) is 2.42. The van der Waals surface area contributed by atoms with Crippen molar-refractivity contribution in [2.24, 2.45) is 0 Å². The molecule has 26 heavy (non-hydrogen) atoms. The van der Waals surface area contributed by atoms with E-state index in [2.05, 4.69) is 21.2 Å². The molecule has 8 heteroatoms. The van der Waals surface area contributed by atoms with Crippen LogP contribution in [0.1, 0.15) is 5.56 Å². The Balaban J connectivity index is 1.99. The van der Waals surface area contributed by atoms with Gasteiger partial charge in [0.1, 0.15) is 11.3 Å². The van der Waals surface area contributed by atoms with Crippen molar-refractivity contribution in [3.63, 3.8) is 0 Å². The highest BCUT2D eigenvalue weighted by atomic mass is 79.9. The van der Waals surface area contributed by atoms with Crippen LogP contribution >= 0.6 is 27.5 Å². The molecule has 3 rings (SSSR count). The Bertz CT molecular complexity index is 941.